The summed E-state index contributed by atoms with van der Waals surface area (Å²) in [4.78, 5) is 13.6. The van der Waals surface area contributed by atoms with Crippen LogP contribution in [0.15, 0.2) is 18.2 Å². The molecular weight excluding hydrogens is 224 g/mol. The third-order valence-electron chi connectivity index (χ3n) is 2.74. The minimum absolute atomic E-state index is 0.162. The van der Waals surface area contributed by atoms with Gasteiger partial charge >= 0.3 is 0 Å². The van der Waals surface area contributed by atoms with Crippen LogP contribution >= 0.6 is 11.6 Å². The summed E-state index contributed by atoms with van der Waals surface area (Å²) in [6.07, 6.45) is 0.499. The number of carbonyl (C=O) groups is 1. The quantitative estimate of drug-likeness (QED) is 0.812. The Hall–Kier alpha value is -1.06. The smallest absolute Gasteiger partial charge is 0.231 e. The Morgan fingerprint density at radius 1 is 1.50 bits per heavy atom. The third kappa shape index (κ3) is 2.20. The molecule has 1 amide bonds. The lowest BCUT2D eigenvalue weighted by Crippen LogP contribution is -2.34. The molecule has 16 heavy (non-hydrogen) atoms. The second-order valence-electron chi connectivity index (χ2n) is 3.85. The summed E-state index contributed by atoms with van der Waals surface area (Å²) in [5.74, 6) is 0.162. The summed E-state index contributed by atoms with van der Waals surface area (Å²) in [5.41, 5.74) is 2.04. The first-order chi connectivity index (χ1) is 7.72. The first-order valence-electron chi connectivity index (χ1n) is 5.52. The summed E-state index contributed by atoms with van der Waals surface area (Å²) < 4.78 is 0. The monoisotopic (exact) mass is 238 g/mol. The summed E-state index contributed by atoms with van der Waals surface area (Å²) >= 11 is 5.94. The van der Waals surface area contributed by atoms with Crippen molar-refractivity contribution in [2.75, 3.05) is 24.5 Å². The molecule has 0 aromatic heterocycles. The van der Waals surface area contributed by atoms with E-state index in [0.717, 1.165) is 24.3 Å². The largest absolute Gasteiger partial charge is 0.315 e. The van der Waals surface area contributed by atoms with Gasteiger partial charge in [0.05, 0.1) is 6.42 Å². The zero-order valence-electron chi connectivity index (χ0n) is 9.29. The van der Waals surface area contributed by atoms with Gasteiger partial charge in [0.2, 0.25) is 5.91 Å². The summed E-state index contributed by atoms with van der Waals surface area (Å²) in [7, 11) is 0. The van der Waals surface area contributed by atoms with E-state index in [1.54, 1.807) is 0 Å². The van der Waals surface area contributed by atoms with Crippen LogP contribution in [-0.2, 0) is 11.2 Å². The number of hydrogen-bond donors (Lipinski definition) is 1. The molecule has 0 bridgehead atoms. The predicted octanol–water partition coefficient (Wildman–Crippen LogP) is 1.84. The molecular formula is C12H15ClN2O. The molecule has 1 aliphatic heterocycles. The van der Waals surface area contributed by atoms with E-state index in [-0.39, 0.29) is 5.91 Å². The number of fused-ring (bicyclic) bond motifs is 1. The van der Waals surface area contributed by atoms with E-state index in [2.05, 4.69) is 12.2 Å². The highest BCUT2D eigenvalue weighted by Gasteiger charge is 2.26. The Labute approximate surface area is 100 Å². The molecule has 0 aliphatic carbocycles. The number of nitrogens with zero attached hydrogens (tertiary/aromatic N) is 1. The third-order valence-corrected chi connectivity index (χ3v) is 2.98. The molecule has 86 valence electrons. The van der Waals surface area contributed by atoms with Gasteiger partial charge in [-0.3, -0.25) is 4.79 Å². The van der Waals surface area contributed by atoms with Gasteiger partial charge in [-0.1, -0.05) is 24.6 Å². The molecule has 1 aromatic carbocycles. The fourth-order valence-corrected chi connectivity index (χ4v) is 2.11. The Morgan fingerprint density at radius 2 is 2.31 bits per heavy atom. The minimum Gasteiger partial charge on any atom is -0.315 e. The number of anilines is 1. The van der Waals surface area contributed by atoms with Crippen LogP contribution in [0.3, 0.4) is 0 Å². The van der Waals surface area contributed by atoms with Crippen LogP contribution in [0.5, 0.6) is 0 Å². The molecule has 1 aliphatic rings. The van der Waals surface area contributed by atoms with E-state index in [1.165, 1.54) is 0 Å². The average molecular weight is 239 g/mol. The molecule has 0 radical (unpaired) electrons. The first kappa shape index (κ1) is 11.4. The summed E-state index contributed by atoms with van der Waals surface area (Å²) in [6.45, 7) is 4.50. The Balaban J connectivity index is 2.15. The normalized spacial score (nSPS) is 14.4. The van der Waals surface area contributed by atoms with Crippen molar-refractivity contribution in [2.24, 2.45) is 0 Å². The summed E-state index contributed by atoms with van der Waals surface area (Å²) in [6, 6.07) is 5.64. The maximum Gasteiger partial charge on any atom is 0.231 e. The van der Waals surface area contributed by atoms with Gasteiger partial charge in [-0.15, -0.1) is 0 Å². The van der Waals surface area contributed by atoms with Crippen LogP contribution < -0.4 is 10.2 Å². The molecule has 1 N–H and O–H groups in total. The van der Waals surface area contributed by atoms with Gasteiger partial charge < -0.3 is 10.2 Å². The van der Waals surface area contributed by atoms with Crippen LogP contribution in [0.2, 0.25) is 5.02 Å². The topological polar surface area (TPSA) is 32.3 Å². The number of benzene rings is 1. The number of nitrogens with one attached hydrogen (secondary N) is 1. The van der Waals surface area contributed by atoms with Crippen LogP contribution in [0.25, 0.3) is 0 Å². The zero-order valence-corrected chi connectivity index (χ0v) is 10.0. The van der Waals surface area contributed by atoms with Crippen molar-refractivity contribution in [3.63, 3.8) is 0 Å². The Morgan fingerprint density at radius 3 is 3.06 bits per heavy atom. The predicted molar refractivity (Wildman–Crippen MR) is 66.1 cm³/mol. The summed E-state index contributed by atoms with van der Waals surface area (Å²) in [5, 5.41) is 3.90. The van der Waals surface area contributed by atoms with Crippen molar-refractivity contribution in [1.29, 1.82) is 0 Å². The molecule has 0 saturated heterocycles. The van der Waals surface area contributed by atoms with E-state index in [0.29, 0.717) is 18.0 Å². The molecule has 3 nitrogen and oxygen atoms in total. The van der Waals surface area contributed by atoms with Crippen molar-refractivity contribution < 1.29 is 4.79 Å². The van der Waals surface area contributed by atoms with Crippen molar-refractivity contribution in [2.45, 2.75) is 13.3 Å². The minimum atomic E-state index is 0.162. The Bertz CT molecular complexity index is 406. The molecule has 0 spiro atoms. The highest BCUT2D eigenvalue weighted by atomic mass is 35.5. The highest BCUT2D eigenvalue weighted by molar-refractivity contribution is 6.31. The van der Waals surface area contributed by atoms with Gasteiger partial charge in [0.15, 0.2) is 0 Å². The first-order valence-corrected chi connectivity index (χ1v) is 5.89. The second-order valence-corrected chi connectivity index (χ2v) is 4.29. The molecule has 4 heteroatoms. The van der Waals surface area contributed by atoms with E-state index >= 15 is 0 Å². The maximum atomic E-state index is 11.8. The zero-order chi connectivity index (χ0) is 11.5. The number of carbonyl (C=O) groups excluding carboxylic acids is 1. The standard InChI is InChI=1S/C12H15ClN2O/c1-2-14-5-6-15-11-8-10(13)4-3-9(11)7-12(15)16/h3-4,8,14H,2,5-7H2,1H3. The van der Waals surface area contributed by atoms with E-state index in [9.17, 15) is 4.79 Å². The number of likely N-dealkylation sites (N-methyl/N-ethyl adjacent to an activating group) is 1. The van der Waals surface area contributed by atoms with Crippen molar-refractivity contribution in [1.82, 2.24) is 5.32 Å². The van der Waals surface area contributed by atoms with E-state index in [1.807, 2.05) is 23.1 Å². The molecule has 2 rings (SSSR count). The van der Waals surface area contributed by atoms with Gasteiger partial charge in [0.1, 0.15) is 0 Å². The molecule has 0 unspecified atom stereocenters. The van der Waals surface area contributed by atoms with Crippen LogP contribution in [0, 0.1) is 0 Å². The lowest BCUT2D eigenvalue weighted by Gasteiger charge is -2.17. The van der Waals surface area contributed by atoms with Crippen LogP contribution in [-0.4, -0.2) is 25.5 Å². The van der Waals surface area contributed by atoms with E-state index < -0.39 is 0 Å². The van der Waals surface area contributed by atoms with Gasteiger partial charge in [-0.2, -0.15) is 0 Å². The van der Waals surface area contributed by atoms with Crippen molar-refractivity contribution in [3.05, 3.63) is 28.8 Å². The molecule has 1 heterocycles. The molecule has 0 fully saturated rings. The lowest BCUT2D eigenvalue weighted by atomic mass is 10.2. The lowest BCUT2D eigenvalue weighted by molar-refractivity contribution is -0.117. The van der Waals surface area contributed by atoms with Gasteiger partial charge in [0, 0.05) is 23.8 Å². The fraction of sp³-hybridized carbons (Fsp3) is 0.417. The SMILES string of the molecule is CCNCCN1C(=O)Cc2ccc(Cl)cc21. The van der Waals surface area contributed by atoms with Gasteiger partial charge in [0.25, 0.3) is 0 Å². The van der Waals surface area contributed by atoms with Gasteiger partial charge in [-0.25, -0.2) is 0 Å². The maximum absolute atomic E-state index is 11.8. The Kier molecular flexibility index (Phi) is 3.46. The van der Waals surface area contributed by atoms with Crippen molar-refractivity contribution in [3.8, 4) is 0 Å². The average Bonchev–Trinajstić information content (AvgIpc) is 2.56. The van der Waals surface area contributed by atoms with Crippen LogP contribution in [0.1, 0.15) is 12.5 Å². The molecule has 0 saturated carbocycles. The van der Waals surface area contributed by atoms with Crippen molar-refractivity contribution >= 4 is 23.2 Å². The number of hydrogen-bond acceptors (Lipinski definition) is 2. The van der Waals surface area contributed by atoms with E-state index in [4.69, 9.17) is 11.6 Å². The second kappa shape index (κ2) is 4.85. The number of halogens is 1. The fourth-order valence-electron chi connectivity index (χ4n) is 1.94. The molecule has 1 aromatic rings. The number of rotatable bonds is 4. The van der Waals surface area contributed by atoms with Gasteiger partial charge in [-0.05, 0) is 24.2 Å². The number of amides is 1. The van der Waals surface area contributed by atoms with Crippen LogP contribution in [0.4, 0.5) is 5.69 Å². The highest BCUT2D eigenvalue weighted by Crippen LogP contribution is 2.30. The molecule has 0 atom stereocenters.